The third-order valence-corrected chi connectivity index (χ3v) is 0.999. The zero-order chi connectivity index (χ0) is 9.07. The molecule has 0 saturated carbocycles. The van der Waals surface area contributed by atoms with E-state index >= 15 is 0 Å². The minimum absolute atomic E-state index is 0.672. The van der Waals surface area contributed by atoms with Gasteiger partial charge in [0.15, 0.2) is 0 Å². The maximum Gasteiger partial charge on any atom is 0.423 e. The van der Waals surface area contributed by atoms with Gasteiger partial charge in [-0.25, -0.2) is 4.79 Å². The Hall–Kier alpha value is -1.00. The third-order valence-electron chi connectivity index (χ3n) is 0.999. The van der Waals surface area contributed by atoms with Gasteiger partial charge in [-0.2, -0.15) is 13.2 Å². The van der Waals surface area contributed by atoms with Crippen LogP contribution in [0, 0.1) is 0 Å². The van der Waals surface area contributed by atoms with Gasteiger partial charge in [-0.1, -0.05) is 6.08 Å². The molecule has 0 radical (unpaired) electrons. The molecule has 0 aliphatic heterocycles. The van der Waals surface area contributed by atoms with Crippen molar-refractivity contribution in [2.75, 3.05) is 7.11 Å². The number of carbonyl (C=O) groups is 1. The van der Waals surface area contributed by atoms with Crippen molar-refractivity contribution in [3.8, 4) is 0 Å². The fourth-order valence-electron chi connectivity index (χ4n) is 0.507. The van der Waals surface area contributed by atoms with Gasteiger partial charge in [0, 0.05) is 0 Å². The fourth-order valence-corrected chi connectivity index (χ4v) is 0.507. The first-order valence-electron chi connectivity index (χ1n) is 2.75. The average Bonchev–Trinajstić information content (AvgIpc) is 1.86. The van der Waals surface area contributed by atoms with Crippen molar-refractivity contribution in [2.45, 2.75) is 13.1 Å². The number of esters is 1. The number of rotatable bonds is 1. The topological polar surface area (TPSA) is 26.3 Å². The number of hydrogen-bond acceptors (Lipinski definition) is 2. The standard InChI is InChI=1S/C6H7F3O2/c1-3-4(5(10)11-2)6(7,8)9/h3H,1-2H3. The van der Waals surface area contributed by atoms with Crippen LogP contribution in [-0.2, 0) is 9.53 Å². The first-order chi connectivity index (χ1) is 4.93. The number of hydrogen-bond donors (Lipinski definition) is 0. The first kappa shape index (κ1) is 10.0. The summed E-state index contributed by atoms with van der Waals surface area (Å²) >= 11 is 0. The lowest BCUT2D eigenvalue weighted by molar-refractivity contribution is -0.148. The predicted octanol–water partition coefficient (Wildman–Crippen LogP) is 1.67. The maximum absolute atomic E-state index is 11.8. The monoisotopic (exact) mass is 168 g/mol. The number of carbonyl (C=O) groups excluding carboxylic acids is 1. The van der Waals surface area contributed by atoms with Gasteiger partial charge in [0.2, 0.25) is 0 Å². The van der Waals surface area contributed by atoms with Gasteiger partial charge in [0.1, 0.15) is 5.57 Å². The Balaban J connectivity index is 4.58. The van der Waals surface area contributed by atoms with E-state index in [9.17, 15) is 18.0 Å². The molecule has 0 unspecified atom stereocenters. The normalized spacial score (nSPS) is 13.0. The van der Waals surface area contributed by atoms with Crippen molar-refractivity contribution in [2.24, 2.45) is 0 Å². The fraction of sp³-hybridized carbons (Fsp3) is 0.500. The summed E-state index contributed by atoms with van der Waals surface area (Å²) in [4.78, 5) is 10.4. The predicted molar refractivity (Wildman–Crippen MR) is 31.8 cm³/mol. The van der Waals surface area contributed by atoms with Gasteiger partial charge in [-0.15, -0.1) is 0 Å². The Morgan fingerprint density at radius 3 is 2.00 bits per heavy atom. The highest BCUT2D eigenvalue weighted by Gasteiger charge is 2.38. The van der Waals surface area contributed by atoms with E-state index < -0.39 is 17.7 Å². The third kappa shape index (κ3) is 2.61. The Bertz CT molecular complexity index is 181. The van der Waals surface area contributed by atoms with Crippen LogP contribution in [0.2, 0.25) is 0 Å². The highest BCUT2D eigenvalue weighted by Crippen LogP contribution is 2.25. The van der Waals surface area contributed by atoms with Crippen molar-refractivity contribution in [1.82, 2.24) is 0 Å². The van der Waals surface area contributed by atoms with Crippen LogP contribution in [0.25, 0.3) is 0 Å². The Morgan fingerprint density at radius 2 is 1.91 bits per heavy atom. The second-order valence-electron chi connectivity index (χ2n) is 1.69. The lowest BCUT2D eigenvalue weighted by atomic mass is 10.2. The minimum atomic E-state index is -4.62. The Labute approximate surface area is 61.6 Å². The molecule has 0 atom stereocenters. The molecular weight excluding hydrogens is 161 g/mol. The first-order valence-corrected chi connectivity index (χ1v) is 2.75. The molecule has 0 aromatic carbocycles. The Kier molecular flexibility index (Phi) is 3.10. The van der Waals surface area contributed by atoms with Crippen LogP contribution in [-0.4, -0.2) is 19.3 Å². The van der Waals surface area contributed by atoms with Crippen molar-refractivity contribution in [3.05, 3.63) is 11.6 Å². The van der Waals surface area contributed by atoms with Crippen LogP contribution < -0.4 is 0 Å². The molecule has 0 aliphatic rings. The van der Waals surface area contributed by atoms with E-state index in [-0.39, 0.29) is 0 Å². The molecule has 0 N–H and O–H groups in total. The van der Waals surface area contributed by atoms with E-state index in [1.807, 2.05) is 0 Å². The average molecular weight is 168 g/mol. The van der Waals surface area contributed by atoms with Crippen molar-refractivity contribution >= 4 is 5.97 Å². The van der Waals surface area contributed by atoms with E-state index in [4.69, 9.17) is 0 Å². The molecule has 2 nitrogen and oxygen atoms in total. The summed E-state index contributed by atoms with van der Waals surface area (Å²) in [5.74, 6) is -1.36. The molecule has 0 saturated heterocycles. The quantitative estimate of drug-likeness (QED) is 0.439. The molecule has 0 aromatic rings. The number of allylic oxidation sites excluding steroid dienone is 1. The molecule has 11 heavy (non-hydrogen) atoms. The summed E-state index contributed by atoms with van der Waals surface area (Å²) in [7, 11) is 0.900. The molecule has 0 bridgehead atoms. The van der Waals surface area contributed by atoms with Gasteiger partial charge < -0.3 is 4.74 Å². The molecule has 0 rings (SSSR count). The van der Waals surface area contributed by atoms with Gasteiger partial charge >= 0.3 is 12.1 Å². The summed E-state index contributed by atoms with van der Waals surface area (Å²) in [6.07, 6.45) is -3.95. The lowest BCUT2D eigenvalue weighted by Gasteiger charge is -2.07. The summed E-state index contributed by atoms with van der Waals surface area (Å²) < 4.78 is 39.3. The molecule has 0 aromatic heterocycles. The van der Waals surface area contributed by atoms with Crippen LogP contribution in [0.5, 0.6) is 0 Å². The molecule has 0 heterocycles. The highest BCUT2D eigenvalue weighted by atomic mass is 19.4. The SMILES string of the molecule is CC=C(C(=O)OC)C(F)(F)F. The van der Waals surface area contributed by atoms with Gasteiger partial charge in [-0.3, -0.25) is 0 Å². The summed E-state index contributed by atoms with van der Waals surface area (Å²) in [5, 5.41) is 0. The van der Waals surface area contributed by atoms with Crippen molar-refractivity contribution in [3.63, 3.8) is 0 Å². The number of alkyl halides is 3. The smallest absolute Gasteiger partial charge is 0.423 e. The van der Waals surface area contributed by atoms with E-state index in [0.29, 0.717) is 6.08 Å². The molecular formula is C6H7F3O2. The molecule has 64 valence electrons. The van der Waals surface area contributed by atoms with Crippen LogP contribution in [0.3, 0.4) is 0 Å². The molecule has 5 heteroatoms. The zero-order valence-corrected chi connectivity index (χ0v) is 6.03. The van der Waals surface area contributed by atoms with Crippen LogP contribution >= 0.6 is 0 Å². The van der Waals surface area contributed by atoms with Crippen LogP contribution in [0.1, 0.15) is 6.92 Å². The van der Waals surface area contributed by atoms with Gasteiger partial charge in [-0.05, 0) is 6.92 Å². The summed E-state index contributed by atoms with van der Waals surface area (Å²) in [6, 6.07) is 0. The van der Waals surface area contributed by atoms with Gasteiger partial charge in [0.05, 0.1) is 7.11 Å². The minimum Gasteiger partial charge on any atom is -0.465 e. The molecule has 0 spiro atoms. The van der Waals surface area contributed by atoms with Crippen molar-refractivity contribution in [1.29, 1.82) is 0 Å². The molecule has 0 amide bonds. The van der Waals surface area contributed by atoms with Crippen LogP contribution in [0.15, 0.2) is 11.6 Å². The van der Waals surface area contributed by atoms with Gasteiger partial charge in [0.25, 0.3) is 0 Å². The largest absolute Gasteiger partial charge is 0.465 e. The van der Waals surface area contributed by atoms with E-state index in [2.05, 4.69) is 4.74 Å². The number of ether oxygens (including phenoxy) is 1. The second kappa shape index (κ2) is 3.41. The van der Waals surface area contributed by atoms with E-state index in [0.717, 1.165) is 14.0 Å². The maximum atomic E-state index is 11.8. The summed E-state index contributed by atoms with van der Waals surface area (Å²) in [6.45, 7) is 1.12. The summed E-state index contributed by atoms with van der Waals surface area (Å²) in [5.41, 5.74) is -1.28. The van der Waals surface area contributed by atoms with E-state index in [1.54, 1.807) is 0 Å². The Morgan fingerprint density at radius 1 is 1.45 bits per heavy atom. The zero-order valence-electron chi connectivity index (χ0n) is 6.03. The van der Waals surface area contributed by atoms with E-state index in [1.165, 1.54) is 0 Å². The highest BCUT2D eigenvalue weighted by molar-refractivity contribution is 5.89. The number of methoxy groups -OCH3 is 1. The molecule has 0 aliphatic carbocycles. The molecule has 0 fully saturated rings. The lowest BCUT2D eigenvalue weighted by Crippen LogP contribution is -2.20. The number of halogens is 3. The van der Waals surface area contributed by atoms with Crippen molar-refractivity contribution < 1.29 is 22.7 Å². The van der Waals surface area contributed by atoms with Crippen LogP contribution in [0.4, 0.5) is 13.2 Å². The second-order valence-corrected chi connectivity index (χ2v) is 1.69.